The number of aryl methyl sites for hydroxylation is 1. The lowest BCUT2D eigenvalue weighted by molar-refractivity contribution is -0.134. The van der Waals surface area contributed by atoms with Crippen molar-refractivity contribution in [3.63, 3.8) is 0 Å². The Morgan fingerprint density at radius 2 is 2.29 bits per heavy atom. The van der Waals surface area contributed by atoms with Gasteiger partial charge in [0, 0.05) is 18.3 Å². The zero-order valence-electron chi connectivity index (χ0n) is 11.2. The van der Waals surface area contributed by atoms with E-state index in [0.717, 1.165) is 5.69 Å². The molecule has 9 nitrogen and oxygen atoms in total. The lowest BCUT2D eigenvalue weighted by Crippen LogP contribution is -2.52. The zero-order chi connectivity index (χ0) is 15.0. The fourth-order valence-corrected chi connectivity index (χ4v) is 2.06. The Morgan fingerprint density at radius 1 is 1.48 bits per heavy atom. The summed E-state index contributed by atoms with van der Waals surface area (Å²) >= 11 is 0. The average molecular weight is 288 g/mol. The monoisotopic (exact) mass is 288 g/mol. The Balaban J connectivity index is 1.79. The maximum absolute atomic E-state index is 12.1. The number of aromatic nitrogens is 4. The van der Waals surface area contributed by atoms with Crippen molar-refractivity contribution in [3.8, 4) is 0 Å². The fourth-order valence-electron chi connectivity index (χ4n) is 2.06. The molecule has 1 fully saturated rings. The minimum Gasteiger partial charge on any atom is -0.337 e. The van der Waals surface area contributed by atoms with Crippen molar-refractivity contribution in [2.45, 2.75) is 25.8 Å². The molecule has 0 radical (unpaired) electrons. The minimum atomic E-state index is -0.754. The number of piperidine rings is 1. The molecular weight excluding hydrogens is 276 g/mol. The van der Waals surface area contributed by atoms with Crippen molar-refractivity contribution in [2.75, 3.05) is 0 Å². The third-order valence-electron chi connectivity index (χ3n) is 3.18. The second-order valence-electron chi connectivity index (χ2n) is 4.71. The molecule has 9 heteroatoms. The number of nitrogens with zero attached hydrogens (tertiary/aromatic N) is 4. The van der Waals surface area contributed by atoms with Gasteiger partial charge in [-0.05, 0) is 19.4 Å². The molecule has 3 heterocycles. The van der Waals surface area contributed by atoms with Gasteiger partial charge >= 0.3 is 0 Å². The third-order valence-corrected chi connectivity index (χ3v) is 3.18. The van der Waals surface area contributed by atoms with Crippen LogP contribution < -0.4 is 10.6 Å². The number of hydrogen-bond acceptors (Lipinski definition) is 6. The highest BCUT2D eigenvalue weighted by Crippen LogP contribution is 2.06. The van der Waals surface area contributed by atoms with E-state index in [9.17, 15) is 14.4 Å². The Hall–Kier alpha value is -2.84. The van der Waals surface area contributed by atoms with Crippen LogP contribution in [0.1, 0.15) is 29.2 Å². The molecular formula is C12H12N6O3. The molecule has 1 unspecified atom stereocenters. The number of fused-ring (bicyclic) bond motifs is 1. The maximum Gasteiger partial charge on any atom is 0.291 e. The highest BCUT2D eigenvalue weighted by molar-refractivity contribution is 6.03. The van der Waals surface area contributed by atoms with Crippen LogP contribution in [0.4, 0.5) is 0 Å². The molecule has 2 N–H and O–H groups in total. The maximum atomic E-state index is 12.1. The zero-order valence-corrected chi connectivity index (χ0v) is 11.2. The predicted molar refractivity (Wildman–Crippen MR) is 69.2 cm³/mol. The van der Waals surface area contributed by atoms with E-state index in [4.69, 9.17) is 0 Å². The minimum absolute atomic E-state index is 0.0681. The van der Waals surface area contributed by atoms with Crippen molar-refractivity contribution in [2.24, 2.45) is 0 Å². The number of amides is 3. The van der Waals surface area contributed by atoms with Gasteiger partial charge < -0.3 is 5.32 Å². The van der Waals surface area contributed by atoms with Gasteiger partial charge in [0.05, 0.1) is 0 Å². The van der Waals surface area contributed by atoms with E-state index >= 15 is 0 Å². The second-order valence-corrected chi connectivity index (χ2v) is 4.71. The predicted octanol–water partition coefficient (Wildman–Crippen LogP) is -1.03. The first-order valence-electron chi connectivity index (χ1n) is 6.37. The normalized spacial score (nSPS) is 18.6. The van der Waals surface area contributed by atoms with E-state index in [1.807, 2.05) is 6.92 Å². The molecule has 1 saturated heterocycles. The van der Waals surface area contributed by atoms with Gasteiger partial charge in [-0.2, -0.15) is 4.98 Å². The van der Waals surface area contributed by atoms with Gasteiger partial charge in [-0.1, -0.05) is 0 Å². The van der Waals surface area contributed by atoms with Crippen LogP contribution in [0.15, 0.2) is 12.3 Å². The topological polar surface area (TPSA) is 118 Å². The number of nitrogens with one attached hydrogen (secondary N) is 2. The van der Waals surface area contributed by atoms with E-state index in [0.29, 0.717) is 5.78 Å². The van der Waals surface area contributed by atoms with E-state index in [1.54, 1.807) is 12.3 Å². The molecule has 3 amide bonds. The van der Waals surface area contributed by atoms with Crippen LogP contribution in [-0.2, 0) is 9.59 Å². The summed E-state index contributed by atoms with van der Waals surface area (Å²) < 4.78 is 1.44. The summed E-state index contributed by atoms with van der Waals surface area (Å²) in [6.45, 7) is 1.81. The van der Waals surface area contributed by atoms with Crippen LogP contribution in [0.25, 0.3) is 5.78 Å². The summed E-state index contributed by atoms with van der Waals surface area (Å²) in [4.78, 5) is 42.7. The van der Waals surface area contributed by atoms with E-state index in [2.05, 4.69) is 25.7 Å². The molecule has 21 heavy (non-hydrogen) atoms. The van der Waals surface area contributed by atoms with Gasteiger partial charge in [0.1, 0.15) is 6.04 Å². The van der Waals surface area contributed by atoms with Gasteiger partial charge in [0.2, 0.25) is 17.6 Å². The Bertz CT molecular complexity index is 753. The summed E-state index contributed by atoms with van der Waals surface area (Å²) in [5.74, 6) is -1.19. The molecule has 1 aliphatic heterocycles. The number of imide groups is 1. The largest absolute Gasteiger partial charge is 0.337 e. The van der Waals surface area contributed by atoms with Crippen LogP contribution in [0.2, 0.25) is 0 Å². The lowest BCUT2D eigenvalue weighted by atomic mass is 10.1. The van der Waals surface area contributed by atoms with Crippen molar-refractivity contribution >= 4 is 23.5 Å². The summed E-state index contributed by atoms with van der Waals surface area (Å²) in [6, 6.07) is 0.986. The van der Waals surface area contributed by atoms with Gasteiger partial charge in [0.15, 0.2) is 0 Å². The molecule has 3 rings (SSSR count). The average Bonchev–Trinajstić information content (AvgIpc) is 2.87. The van der Waals surface area contributed by atoms with Crippen LogP contribution in [-0.4, -0.2) is 43.3 Å². The highest BCUT2D eigenvalue weighted by Gasteiger charge is 2.29. The smallest absolute Gasteiger partial charge is 0.291 e. The summed E-state index contributed by atoms with van der Waals surface area (Å²) in [5, 5.41) is 8.74. The molecule has 2 aromatic rings. The first-order valence-corrected chi connectivity index (χ1v) is 6.37. The van der Waals surface area contributed by atoms with E-state index in [1.165, 1.54) is 4.52 Å². The highest BCUT2D eigenvalue weighted by atomic mass is 16.2. The van der Waals surface area contributed by atoms with Crippen molar-refractivity contribution in [1.82, 2.24) is 30.2 Å². The number of hydrogen-bond donors (Lipinski definition) is 2. The van der Waals surface area contributed by atoms with Crippen LogP contribution in [0.5, 0.6) is 0 Å². The van der Waals surface area contributed by atoms with Crippen LogP contribution in [0, 0.1) is 6.92 Å². The Morgan fingerprint density at radius 3 is 3.00 bits per heavy atom. The molecule has 0 spiro atoms. The molecule has 0 aromatic carbocycles. The standard InChI is InChI=1S/C12H12N6O3/c1-6-4-5-13-12-16-9(17-18(6)12)11(21)14-7-2-3-8(19)15-10(7)20/h4-5,7H,2-3H2,1H3,(H,14,21)(H,15,19,20). The molecule has 0 bridgehead atoms. The molecule has 0 aliphatic carbocycles. The molecule has 1 aliphatic rings. The molecule has 0 saturated carbocycles. The first kappa shape index (κ1) is 13.2. The quantitative estimate of drug-likeness (QED) is 0.682. The lowest BCUT2D eigenvalue weighted by Gasteiger charge is -2.20. The van der Waals surface area contributed by atoms with Crippen molar-refractivity contribution in [1.29, 1.82) is 0 Å². The number of carbonyl (C=O) groups excluding carboxylic acids is 3. The van der Waals surface area contributed by atoms with E-state index in [-0.39, 0.29) is 24.6 Å². The SMILES string of the molecule is Cc1ccnc2nc(C(=O)NC3CCC(=O)NC3=O)nn12. The number of carbonyl (C=O) groups is 3. The van der Waals surface area contributed by atoms with Gasteiger partial charge in [0.25, 0.3) is 11.7 Å². The van der Waals surface area contributed by atoms with Crippen molar-refractivity contribution < 1.29 is 14.4 Å². The Kier molecular flexibility index (Phi) is 3.09. The van der Waals surface area contributed by atoms with Gasteiger partial charge in [-0.3, -0.25) is 19.7 Å². The number of rotatable bonds is 2. The van der Waals surface area contributed by atoms with Crippen LogP contribution >= 0.6 is 0 Å². The Labute approximate surface area is 118 Å². The molecule has 1 atom stereocenters. The van der Waals surface area contributed by atoms with Gasteiger partial charge in [-0.25, -0.2) is 9.50 Å². The van der Waals surface area contributed by atoms with E-state index < -0.39 is 17.9 Å². The van der Waals surface area contributed by atoms with Crippen molar-refractivity contribution in [3.05, 3.63) is 23.8 Å². The fraction of sp³-hybridized carbons (Fsp3) is 0.333. The summed E-state index contributed by atoms with van der Waals surface area (Å²) in [7, 11) is 0. The van der Waals surface area contributed by atoms with Crippen LogP contribution in [0.3, 0.4) is 0 Å². The van der Waals surface area contributed by atoms with Gasteiger partial charge in [-0.15, -0.1) is 5.10 Å². The molecule has 2 aromatic heterocycles. The summed E-state index contributed by atoms with van der Waals surface area (Å²) in [6.07, 6.45) is 2.03. The second kappa shape index (κ2) is 4.93. The first-order chi connectivity index (χ1) is 10.0. The summed E-state index contributed by atoms with van der Waals surface area (Å²) in [5.41, 5.74) is 0.785. The third kappa shape index (κ3) is 2.45. The molecule has 108 valence electrons.